The Balaban J connectivity index is 2.08. The van der Waals surface area contributed by atoms with Crippen LogP contribution in [0.4, 0.5) is 0 Å². The van der Waals surface area contributed by atoms with Crippen LogP contribution >= 0.6 is 0 Å². The Bertz CT molecular complexity index is 759. The Kier molecular flexibility index (Phi) is 3.73. The standard InChI is InChI=1S/C18H17NO2/c1-21-18(20)11-12-19-16-10-6-5-9-15(16)13-17(19)14-7-3-2-4-8-14/h2-10,13H,11-12H2,1H3. The quantitative estimate of drug-likeness (QED) is 0.679. The molecule has 0 aliphatic heterocycles. The summed E-state index contributed by atoms with van der Waals surface area (Å²) in [5, 5.41) is 1.18. The van der Waals surface area contributed by atoms with Gasteiger partial charge in [-0.05, 0) is 17.7 Å². The molecule has 0 aliphatic rings. The van der Waals surface area contributed by atoms with E-state index in [1.54, 1.807) is 0 Å². The monoisotopic (exact) mass is 279 g/mol. The highest BCUT2D eigenvalue weighted by molar-refractivity contribution is 5.87. The fraction of sp³-hybridized carbons (Fsp3) is 0.167. The maximum Gasteiger partial charge on any atom is 0.307 e. The van der Waals surface area contributed by atoms with E-state index in [9.17, 15) is 4.79 Å². The van der Waals surface area contributed by atoms with Crippen molar-refractivity contribution in [3.05, 3.63) is 60.7 Å². The summed E-state index contributed by atoms with van der Waals surface area (Å²) in [4.78, 5) is 11.5. The van der Waals surface area contributed by atoms with Crippen LogP contribution in [-0.4, -0.2) is 17.6 Å². The number of methoxy groups -OCH3 is 1. The number of rotatable bonds is 4. The molecule has 0 aliphatic carbocycles. The summed E-state index contributed by atoms with van der Waals surface area (Å²) in [5.41, 5.74) is 3.42. The number of fused-ring (bicyclic) bond motifs is 1. The van der Waals surface area contributed by atoms with Crippen LogP contribution in [0.1, 0.15) is 6.42 Å². The molecule has 0 saturated heterocycles. The molecule has 3 aromatic rings. The van der Waals surface area contributed by atoms with Crippen molar-refractivity contribution in [2.45, 2.75) is 13.0 Å². The molecule has 0 saturated carbocycles. The van der Waals surface area contributed by atoms with Gasteiger partial charge in [0.05, 0.1) is 13.5 Å². The molecule has 0 radical (unpaired) electrons. The van der Waals surface area contributed by atoms with Crippen molar-refractivity contribution in [3.8, 4) is 11.3 Å². The van der Waals surface area contributed by atoms with E-state index in [0.717, 1.165) is 16.8 Å². The molecular formula is C18H17NO2. The Labute approximate surface area is 123 Å². The molecule has 106 valence electrons. The molecule has 0 N–H and O–H groups in total. The lowest BCUT2D eigenvalue weighted by Crippen LogP contribution is -2.07. The van der Waals surface area contributed by atoms with Gasteiger partial charge in [0.2, 0.25) is 0 Å². The molecule has 3 nitrogen and oxygen atoms in total. The van der Waals surface area contributed by atoms with Gasteiger partial charge in [-0.25, -0.2) is 0 Å². The van der Waals surface area contributed by atoms with Gasteiger partial charge in [0.25, 0.3) is 0 Å². The van der Waals surface area contributed by atoms with Crippen molar-refractivity contribution in [3.63, 3.8) is 0 Å². The molecule has 1 aromatic heterocycles. The number of hydrogen-bond donors (Lipinski definition) is 0. The molecule has 1 heterocycles. The van der Waals surface area contributed by atoms with Crippen molar-refractivity contribution in [2.75, 3.05) is 7.11 Å². The number of aryl methyl sites for hydroxylation is 1. The van der Waals surface area contributed by atoms with Gasteiger partial charge in [-0.1, -0.05) is 48.5 Å². The molecule has 21 heavy (non-hydrogen) atoms. The van der Waals surface area contributed by atoms with Crippen LogP contribution in [0.3, 0.4) is 0 Å². The topological polar surface area (TPSA) is 31.2 Å². The second-order valence-electron chi connectivity index (χ2n) is 4.93. The van der Waals surface area contributed by atoms with Crippen molar-refractivity contribution in [2.24, 2.45) is 0 Å². The number of hydrogen-bond acceptors (Lipinski definition) is 2. The summed E-state index contributed by atoms with van der Waals surface area (Å²) >= 11 is 0. The molecule has 2 aromatic carbocycles. The summed E-state index contributed by atoms with van der Waals surface area (Å²) in [7, 11) is 1.42. The van der Waals surface area contributed by atoms with E-state index < -0.39 is 0 Å². The predicted molar refractivity (Wildman–Crippen MR) is 84.0 cm³/mol. The minimum atomic E-state index is -0.188. The molecule has 0 spiro atoms. The van der Waals surface area contributed by atoms with Crippen molar-refractivity contribution in [1.82, 2.24) is 4.57 Å². The molecule has 0 atom stereocenters. The lowest BCUT2D eigenvalue weighted by Gasteiger charge is -2.10. The Morgan fingerprint density at radius 1 is 1.05 bits per heavy atom. The zero-order chi connectivity index (χ0) is 14.7. The van der Waals surface area contributed by atoms with Gasteiger partial charge < -0.3 is 9.30 Å². The van der Waals surface area contributed by atoms with Gasteiger partial charge in [-0.2, -0.15) is 0 Å². The highest BCUT2D eigenvalue weighted by Gasteiger charge is 2.11. The number of carbonyl (C=O) groups excluding carboxylic acids is 1. The van der Waals surface area contributed by atoms with Gasteiger partial charge in [0, 0.05) is 23.1 Å². The van der Waals surface area contributed by atoms with E-state index in [1.165, 1.54) is 12.5 Å². The van der Waals surface area contributed by atoms with Crippen LogP contribution in [0.15, 0.2) is 60.7 Å². The summed E-state index contributed by atoms with van der Waals surface area (Å²) in [5.74, 6) is -0.188. The summed E-state index contributed by atoms with van der Waals surface area (Å²) in [6, 6.07) is 20.6. The van der Waals surface area contributed by atoms with E-state index in [2.05, 4.69) is 34.9 Å². The predicted octanol–water partition coefficient (Wildman–Crippen LogP) is 3.87. The fourth-order valence-corrected chi connectivity index (χ4v) is 2.60. The van der Waals surface area contributed by atoms with Gasteiger partial charge >= 0.3 is 5.97 Å². The fourth-order valence-electron chi connectivity index (χ4n) is 2.60. The van der Waals surface area contributed by atoms with Crippen LogP contribution in [-0.2, 0) is 16.1 Å². The van der Waals surface area contributed by atoms with Gasteiger partial charge in [-0.15, -0.1) is 0 Å². The second kappa shape index (κ2) is 5.83. The van der Waals surface area contributed by atoms with E-state index in [-0.39, 0.29) is 5.97 Å². The van der Waals surface area contributed by atoms with Crippen LogP contribution in [0.2, 0.25) is 0 Å². The average Bonchev–Trinajstić information content (AvgIpc) is 2.92. The zero-order valence-corrected chi connectivity index (χ0v) is 12.0. The molecule has 0 amide bonds. The van der Waals surface area contributed by atoms with Crippen LogP contribution < -0.4 is 0 Å². The molecule has 0 fully saturated rings. The number of carbonyl (C=O) groups is 1. The van der Waals surface area contributed by atoms with E-state index >= 15 is 0 Å². The normalized spacial score (nSPS) is 10.7. The number of ether oxygens (including phenoxy) is 1. The molecule has 0 unspecified atom stereocenters. The van der Waals surface area contributed by atoms with Crippen molar-refractivity contribution < 1.29 is 9.53 Å². The SMILES string of the molecule is COC(=O)CCn1c(-c2ccccc2)cc2ccccc21. The van der Waals surface area contributed by atoms with Gasteiger partial charge in [-0.3, -0.25) is 4.79 Å². The first-order chi connectivity index (χ1) is 10.3. The van der Waals surface area contributed by atoms with Crippen molar-refractivity contribution in [1.29, 1.82) is 0 Å². The maximum atomic E-state index is 11.5. The van der Waals surface area contributed by atoms with Crippen LogP contribution in [0.25, 0.3) is 22.2 Å². The van der Waals surface area contributed by atoms with E-state index in [1.807, 2.05) is 30.3 Å². The summed E-state index contributed by atoms with van der Waals surface area (Å²) in [6.07, 6.45) is 0.370. The molecule has 3 heteroatoms. The van der Waals surface area contributed by atoms with Gasteiger partial charge in [0.1, 0.15) is 0 Å². The Morgan fingerprint density at radius 2 is 1.76 bits per heavy atom. The Morgan fingerprint density at radius 3 is 2.52 bits per heavy atom. The lowest BCUT2D eigenvalue weighted by molar-refractivity contribution is -0.140. The third-order valence-corrected chi connectivity index (χ3v) is 3.65. The molecule has 0 bridgehead atoms. The lowest BCUT2D eigenvalue weighted by atomic mass is 10.1. The smallest absolute Gasteiger partial charge is 0.307 e. The highest BCUT2D eigenvalue weighted by Crippen LogP contribution is 2.28. The minimum absolute atomic E-state index is 0.188. The van der Waals surface area contributed by atoms with Gasteiger partial charge in [0.15, 0.2) is 0 Å². The first-order valence-corrected chi connectivity index (χ1v) is 7.00. The number of aromatic nitrogens is 1. The maximum absolute atomic E-state index is 11.5. The zero-order valence-electron chi connectivity index (χ0n) is 12.0. The summed E-state index contributed by atoms with van der Waals surface area (Å²) < 4.78 is 6.94. The summed E-state index contributed by atoms with van der Waals surface area (Å²) in [6.45, 7) is 0.615. The number of para-hydroxylation sites is 1. The van der Waals surface area contributed by atoms with Crippen LogP contribution in [0.5, 0.6) is 0 Å². The van der Waals surface area contributed by atoms with E-state index in [4.69, 9.17) is 4.74 Å². The number of benzene rings is 2. The average molecular weight is 279 g/mol. The first kappa shape index (κ1) is 13.4. The van der Waals surface area contributed by atoms with E-state index in [0.29, 0.717) is 13.0 Å². The Hall–Kier alpha value is -2.55. The third kappa shape index (κ3) is 2.68. The largest absolute Gasteiger partial charge is 0.469 e. The first-order valence-electron chi connectivity index (χ1n) is 7.00. The second-order valence-corrected chi connectivity index (χ2v) is 4.93. The number of esters is 1. The third-order valence-electron chi connectivity index (χ3n) is 3.65. The number of nitrogens with zero attached hydrogens (tertiary/aromatic N) is 1. The molecular weight excluding hydrogens is 262 g/mol. The highest BCUT2D eigenvalue weighted by atomic mass is 16.5. The minimum Gasteiger partial charge on any atom is -0.469 e. The van der Waals surface area contributed by atoms with Crippen LogP contribution in [0, 0.1) is 0 Å². The molecule has 3 rings (SSSR count). The van der Waals surface area contributed by atoms with Crippen molar-refractivity contribution >= 4 is 16.9 Å².